The summed E-state index contributed by atoms with van der Waals surface area (Å²) in [5.41, 5.74) is -0.510. The average Bonchev–Trinajstić information content (AvgIpc) is 2.93. The Bertz CT molecular complexity index is 413. The normalized spacial score (nSPS) is 19.0. The van der Waals surface area contributed by atoms with E-state index in [1.165, 1.54) is 0 Å². The van der Waals surface area contributed by atoms with Gasteiger partial charge in [0.2, 0.25) is 5.91 Å². The van der Waals surface area contributed by atoms with Crippen LogP contribution >= 0.6 is 0 Å². The molecule has 0 radical (unpaired) electrons. The number of likely N-dealkylation sites (tertiary alicyclic amines) is 1. The minimum atomic E-state index is -0.510. The summed E-state index contributed by atoms with van der Waals surface area (Å²) in [6, 6.07) is -0.403. The smallest absolute Gasteiger partial charge is 0.329 e. The third-order valence-corrected chi connectivity index (χ3v) is 4.06. The van der Waals surface area contributed by atoms with E-state index >= 15 is 0 Å². The first-order valence-corrected chi connectivity index (χ1v) is 8.91. The van der Waals surface area contributed by atoms with Gasteiger partial charge in [-0.2, -0.15) is 0 Å². The summed E-state index contributed by atoms with van der Waals surface area (Å²) in [5, 5.41) is 5.50. The van der Waals surface area contributed by atoms with Crippen LogP contribution in [0.25, 0.3) is 0 Å². The lowest BCUT2D eigenvalue weighted by Gasteiger charge is -2.32. The first-order valence-electron chi connectivity index (χ1n) is 8.91. The van der Waals surface area contributed by atoms with Gasteiger partial charge in [-0.05, 0) is 58.6 Å². The van der Waals surface area contributed by atoms with Crippen molar-refractivity contribution in [2.24, 2.45) is 17.8 Å². The molecular weight excluding hydrogens is 304 g/mol. The second-order valence-corrected chi connectivity index (χ2v) is 8.20. The molecule has 0 aromatic carbocycles. The van der Waals surface area contributed by atoms with E-state index in [-0.39, 0.29) is 23.7 Å². The predicted molar refractivity (Wildman–Crippen MR) is 98.2 cm³/mol. The number of nitrogens with one attached hydrogen (secondary N) is 1. The van der Waals surface area contributed by atoms with Crippen molar-refractivity contribution in [3.63, 3.8) is 0 Å². The maximum atomic E-state index is 12.9. The fourth-order valence-corrected chi connectivity index (χ4v) is 3.02. The molecule has 0 aromatic rings. The van der Waals surface area contributed by atoms with Crippen molar-refractivity contribution in [2.75, 3.05) is 6.54 Å². The van der Waals surface area contributed by atoms with Crippen molar-refractivity contribution >= 4 is 18.6 Å². The van der Waals surface area contributed by atoms with Crippen LogP contribution in [0.2, 0.25) is 0 Å². The van der Waals surface area contributed by atoms with Crippen LogP contribution in [-0.2, 0) is 14.3 Å². The van der Waals surface area contributed by atoms with Crippen LogP contribution in [-0.4, -0.2) is 41.7 Å². The van der Waals surface area contributed by atoms with Gasteiger partial charge in [-0.25, -0.2) is 4.79 Å². The van der Waals surface area contributed by atoms with Crippen molar-refractivity contribution in [3.8, 4) is 0 Å². The minimum Gasteiger partial charge on any atom is -0.458 e. The summed E-state index contributed by atoms with van der Waals surface area (Å²) in [4.78, 5) is 27.1. The van der Waals surface area contributed by atoms with E-state index in [0.29, 0.717) is 18.9 Å². The highest BCUT2D eigenvalue weighted by atomic mass is 16.6. The van der Waals surface area contributed by atoms with Crippen molar-refractivity contribution in [2.45, 2.75) is 79.4 Å². The molecule has 0 saturated carbocycles. The lowest BCUT2D eigenvalue weighted by atomic mass is 9.86. The van der Waals surface area contributed by atoms with Crippen LogP contribution in [0.3, 0.4) is 0 Å². The van der Waals surface area contributed by atoms with Crippen molar-refractivity contribution in [1.29, 1.82) is 5.41 Å². The van der Waals surface area contributed by atoms with Crippen LogP contribution in [0, 0.1) is 23.2 Å². The molecule has 5 nitrogen and oxygen atoms in total. The van der Waals surface area contributed by atoms with Gasteiger partial charge in [0.25, 0.3) is 0 Å². The maximum Gasteiger partial charge on any atom is 0.329 e. The summed E-state index contributed by atoms with van der Waals surface area (Å²) in [7, 11) is 0. The Kier molecular flexibility index (Phi) is 9.23. The molecule has 2 atom stereocenters. The largest absolute Gasteiger partial charge is 0.458 e. The molecule has 140 valence electrons. The molecule has 0 aliphatic carbocycles. The number of carbonyl (C=O) groups is 2. The number of nitrogens with zero attached hydrogens (tertiary/aromatic N) is 1. The highest BCUT2D eigenvalue weighted by molar-refractivity contribution is 5.86. The van der Waals surface area contributed by atoms with Crippen molar-refractivity contribution in [1.82, 2.24) is 4.90 Å². The third-order valence-electron chi connectivity index (χ3n) is 4.06. The Morgan fingerprint density at radius 1 is 1.21 bits per heavy atom. The molecule has 1 saturated heterocycles. The first kappa shape index (κ1) is 22.6. The van der Waals surface area contributed by atoms with Gasteiger partial charge in [-0.15, -0.1) is 0 Å². The molecule has 1 aliphatic rings. The van der Waals surface area contributed by atoms with E-state index in [0.717, 1.165) is 12.8 Å². The van der Waals surface area contributed by atoms with Gasteiger partial charge in [-0.3, -0.25) is 4.79 Å². The number of rotatable bonds is 5. The van der Waals surface area contributed by atoms with Crippen LogP contribution in [0.15, 0.2) is 0 Å². The summed E-state index contributed by atoms with van der Waals surface area (Å²) < 4.78 is 5.49. The second kappa shape index (κ2) is 9.80. The summed E-state index contributed by atoms with van der Waals surface area (Å²) >= 11 is 0. The fraction of sp³-hybridized carbons (Fsp3) is 0.842. The third kappa shape index (κ3) is 7.02. The van der Waals surface area contributed by atoms with E-state index in [2.05, 4.69) is 34.4 Å². The van der Waals surface area contributed by atoms with Gasteiger partial charge in [-0.1, -0.05) is 27.7 Å². The lowest BCUT2D eigenvalue weighted by molar-refractivity contribution is -0.164. The van der Waals surface area contributed by atoms with Crippen LogP contribution in [0.4, 0.5) is 0 Å². The topological polar surface area (TPSA) is 70.5 Å². The first-order chi connectivity index (χ1) is 11.0. The summed E-state index contributed by atoms with van der Waals surface area (Å²) in [6.07, 6.45) is 2.46. The quantitative estimate of drug-likeness (QED) is 0.609. The Morgan fingerprint density at radius 2 is 1.75 bits per heavy atom. The summed E-state index contributed by atoms with van der Waals surface area (Å²) in [6.45, 7) is 17.2. The van der Waals surface area contributed by atoms with Crippen LogP contribution in [0.5, 0.6) is 0 Å². The number of hydrogen-bond donors (Lipinski definition) is 1. The highest BCUT2D eigenvalue weighted by Gasteiger charge is 2.39. The van der Waals surface area contributed by atoms with E-state index in [4.69, 9.17) is 10.1 Å². The van der Waals surface area contributed by atoms with Crippen LogP contribution in [0.1, 0.15) is 67.7 Å². The molecule has 24 heavy (non-hydrogen) atoms. The number of ether oxygens (including phenoxy) is 1. The molecule has 1 unspecified atom stereocenters. The van der Waals surface area contributed by atoms with Gasteiger partial charge >= 0.3 is 5.97 Å². The van der Waals surface area contributed by atoms with Crippen molar-refractivity contribution in [3.05, 3.63) is 0 Å². The number of hydrogen-bond acceptors (Lipinski definition) is 4. The van der Waals surface area contributed by atoms with Gasteiger partial charge < -0.3 is 15.0 Å². The Balaban J connectivity index is 0.00000254. The Hall–Kier alpha value is -1.39. The standard InChI is InChI=1S/C18H33NO3.CH3N/c1-12(2)11-14(13(3)4)16(20)19-10-8-9-15(19)17(21)22-18(5,6)7;1-2/h12-15H,8-11H2,1-7H3;2H,1H2/t14?,15-;/m0./s1. The SMILES string of the molecule is C=N.CC(C)CC(C(=O)N1CCC[C@H]1C(=O)OC(C)(C)C)C(C)C. The predicted octanol–water partition coefficient (Wildman–Crippen LogP) is 3.90. The molecule has 1 rings (SSSR count). The number of esters is 1. The monoisotopic (exact) mass is 340 g/mol. The molecule has 1 heterocycles. The lowest BCUT2D eigenvalue weighted by Crippen LogP contribution is -2.47. The molecular formula is C19H36N2O3. The molecule has 1 amide bonds. The molecule has 1 aliphatic heterocycles. The molecule has 0 bridgehead atoms. The number of amides is 1. The van der Waals surface area contributed by atoms with E-state index < -0.39 is 11.6 Å². The molecule has 1 N–H and O–H groups in total. The van der Waals surface area contributed by atoms with Gasteiger partial charge in [0.05, 0.1) is 0 Å². The van der Waals surface area contributed by atoms with E-state index in [1.54, 1.807) is 4.90 Å². The molecule has 0 aromatic heterocycles. The van der Waals surface area contributed by atoms with Crippen LogP contribution < -0.4 is 0 Å². The second-order valence-electron chi connectivity index (χ2n) is 8.20. The molecule has 0 spiro atoms. The fourth-order valence-electron chi connectivity index (χ4n) is 3.02. The highest BCUT2D eigenvalue weighted by Crippen LogP contribution is 2.28. The zero-order valence-corrected chi connectivity index (χ0v) is 16.5. The summed E-state index contributed by atoms with van der Waals surface area (Å²) in [5.74, 6) is 0.610. The van der Waals surface area contributed by atoms with E-state index in [1.807, 2.05) is 20.8 Å². The number of carbonyl (C=O) groups excluding carboxylic acids is 2. The maximum absolute atomic E-state index is 12.9. The minimum absolute atomic E-state index is 0.0111. The average molecular weight is 341 g/mol. The van der Waals surface area contributed by atoms with Gasteiger partial charge in [0.1, 0.15) is 11.6 Å². The van der Waals surface area contributed by atoms with Gasteiger partial charge in [0, 0.05) is 12.5 Å². The zero-order chi connectivity index (χ0) is 19.1. The molecule has 5 heteroatoms. The molecule has 1 fully saturated rings. The Morgan fingerprint density at radius 3 is 2.17 bits per heavy atom. The van der Waals surface area contributed by atoms with Crippen molar-refractivity contribution < 1.29 is 14.3 Å². The van der Waals surface area contributed by atoms with Gasteiger partial charge in [0.15, 0.2) is 0 Å². The zero-order valence-electron chi connectivity index (χ0n) is 16.5. The Labute approximate surface area is 147 Å². The van der Waals surface area contributed by atoms with E-state index in [9.17, 15) is 9.59 Å².